The third-order valence-electron chi connectivity index (χ3n) is 8.17. The number of phenols is 4. The third kappa shape index (κ3) is 23.2. The van der Waals surface area contributed by atoms with E-state index in [2.05, 4.69) is 27.7 Å². The summed E-state index contributed by atoms with van der Waals surface area (Å²) in [6, 6.07) is 30.3. The second-order valence-electron chi connectivity index (χ2n) is 12.3. The van der Waals surface area contributed by atoms with Crippen LogP contribution in [0.3, 0.4) is 0 Å². The van der Waals surface area contributed by atoms with Gasteiger partial charge in [-0.1, -0.05) is 152 Å². The maximum absolute atomic E-state index is 9.41. The van der Waals surface area contributed by atoms with Gasteiger partial charge in [0.25, 0.3) is 0 Å². The topological polar surface area (TPSA) is 80.9 Å². The van der Waals surface area contributed by atoms with Crippen LogP contribution in [-0.2, 0) is 25.7 Å². The highest BCUT2D eigenvalue weighted by molar-refractivity contribution is 7.59. The summed E-state index contributed by atoms with van der Waals surface area (Å²) < 4.78 is 0. The molecule has 4 nitrogen and oxygen atoms in total. The summed E-state index contributed by atoms with van der Waals surface area (Å²) in [5.74, 6) is 1.75. The van der Waals surface area contributed by atoms with Gasteiger partial charge in [0.05, 0.1) is 0 Å². The van der Waals surface area contributed by atoms with Crippen molar-refractivity contribution in [2.75, 3.05) is 0 Å². The number of phenolic OH excluding ortho intramolecular Hbond substituents is 4. The lowest BCUT2D eigenvalue weighted by Gasteiger charge is -2.02. The van der Waals surface area contributed by atoms with Crippen LogP contribution in [0.15, 0.2) is 97.1 Å². The molecule has 4 rings (SSSR count). The highest BCUT2D eigenvalue weighted by Crippen LogP contribution is 2.20. The van der Waals surface area contributed by atoms with Crippen molar-refractivity contribution >= 4 is 27.0 Å². The molecule has 0 amide bonds. The molecule has 0 unspecified atom stereocenters. The van der Waals surface area contributed by atoms with Gasteiger partial charge in [0.2, 0.25) is 0 Å². The van der Waals surface area contributed by atoms with Crippen LogP contribution in [0, 0.1) is 0 Å². The zero-order chi connectivity index (χ0) is 35.2. The average molecular weight is 725 g/mol. The Hall–Kier alpha value is -3.22. The van der Waals surface area contributed by atoms with Gasteiger partial charge in [0.15, 0.2) is 0 Å². The van der Waals surface area contributed by atoms with Crippen molar-refractivity contribution in [3.63, 3.8) is 0 Å². The largest absolute Gasteiger partial charge is 0.508 e. The zero-order valence-corrected chi connectivity index (χ0v) is 33.3. The molecule has 50 heavy (non-hydrogen) atoms. The van der Waals surface area contributed by atoms with Crippen molar-refractivity contribution in [1.82, 2.24) is 0 Å². The van der Waals surface area contributed by atoms with Crippen LogP contribution in [0.25, 0.3) is 0 Å². The summed E-state index contributed by atoms with van der Waals surface area (Å²) in [7, 11) is 0. The van der Waals surface area contributed by atoms with Crippen molar-refractivity contribution < 1.29 is 20.4 Å². The van der Waals surface area contributed by atoms with E-state index in [0.717, 1.165) is 47.9 Å². The normalized spacial score (nSPS) is 9.68. The van der Waals surface area contributed by atoms with E-state index in [0.29, 0.717) is 23.0 Å². The molecular formula is C44H68O4S2. The maximum Gasteiger partial charge on any atom is 0.118 e. The van der Waals surface area contributed by atoms with Crippen LogP contribution in [0.2, 0.25) is 0 Å². The standard InChI is InChI=1S/4C11H16O.2H2S/c4*1-2-3-4-7-10-8-5-6-9-11(10)12;;/h4*5-6,8-9,12H,2-4,7H2,1H3;2*1H2. The minimum atomic E-state index is 0. The Balaban J connectivity index is 0. The molecule has 0 saturated carbocycles. The van der Waals surface area contributed by atoms with Crippen LogP contribution in [0.1, 0.15) is 127 Å². The number of hydrogen-bond acceptors (Lipinski definition) is 4. The van der Waals surface area contributed by atoms with Gasteiger partial charge in [-0.05, 0) is 97.9 Å². The monoisotopic (exact) mass is 724 g/mol. The summed E-state index contributed by atoms with van der Waals surface area (Å²) in [4.78, 5) is 0. The van der Waals surface area contributed by atoms with E-state index in [4.69, 9.17) is 0 Å². The molecular weight excluding hydrogens is 657 g/mol. The van der Waals surface area contributed by atoms with Crippen LogP contribution < -0.4 is 0 Å². The summed E-state index contributed by atoms with van der Waals surface area (Å²) in [5, 5.41) is 37.6. The minimum absolute atomic E-state index is 0. The number of aryl methyl sites for hydroxylation is 4. The Morgan fingerprint density at radius 3 is 0.640 bits per heavy atom. The number of para-hydroxylation sites is 4. The molecule has 0 heterocycles. The lowest BCUT2D eigenvalue weighted by atomic mass is 10.1. The van der Waals surface area contributed by atoms with Gasteiger partial charge in [-0.15, -0.1) is 0 Å². The Kier molecular flexibility index (Phi) is 32.2. The maximum atomic E-state index is 9.41. The fourth-order valence-electron chi connectivity index (χ4n) is 5.15. The molecule has 280 valence electrons. The lowest BCUT2D eigenvalue weighted by molar-refractivity contribution is 0.466. The Morgan fingerprint density at radius 2 is 0.480 bits per heavy atom. The first-order chi connectivity index (χ1) is 23.4. The first-order valence-corrected chi connectivity index (χ1v) is 18.4. The molecule has 0 atom stereocenters. The first kappa shape index (κ1) is 48.9. The summed E-state index contributed by atoms with van der Waals surface area (Å²) in [5.41, 5.74) is 4.30. The van der Waals surface area contributed by atoms with E-state index < -0.39 is 0 Å². The molecule has 0 radical (unpaired) electrons. The first-order valence-electron chi connectivity index (χ1n) is 18.4. The third-order valence-corrected chi connectivity index (χ3v) is 8.17. The molecule has 4 aromatic carbocycles. The number of rotatable bonds is 16. The van der Waals surface area contributed by atoms with Crippen molar-refractivity contribution in [1.29, 1.82) is 0 Å². The summed E-state index contributed by atoms with van der Waals surface area (Å²) >= 11 is 0. The number of aromatic hydroxyl groups is 4. The predicted octanol–water partition coefficient (Wildman–Crippen LogP) is 12.7. The van der Waals surface area contributed by atoms with E-state index >= 15 is 0 Å². The second-order valence-corrected chi connectivity index (χ2v) is 12.3. The molecule has 0 aliphatic heterocycles. The smallest absolute Gasteiger partial charge is 0.118 e. The molecule has 4 N–H and O–H groups in total. The molecule has 0 aromatic heterocycles. The number of hydrogen-bond donors (Lipinski definition) is 4. The van der Waals surface area contributed by atoms with Crippen molar-refractivity contribution in [2.24, 2.45) is 0 Å². The summed E-state index contributed by atoms with van der Waals surface area (Å²) in [6.45, 7) is 8.74. The van der Waals surface area contributed by atoms with E-state index in [-0.39, 0.29) is 27.0 Å². The molecule has 6 heteroatoms. The molecule has 0 fully saturated rings. The second kappa shape index (κ2) is 33.0. The van der Waals surface area contributed by atoms with Gasteiger partial charge < -0.3 is 20.4 Å². The number of unbranched alkanes of at least 4 members (excludes halogenated alkanes) is 8. The highest BCUT2D eigenvalue weighted by Gasteiger charge is 2.00. The Morgan fingerprint density at radius 1 is 0.300 bits per heavy atom. The Labute approximate surface area is 318 Å². The van der Waals surface area contributed by atoms with E-state index in [1.165, 1.54) is 77.0 Å². The Bertz CT molecular complexity index is 1140. The van der Waals surface area contributed by atoms with Crippen LogP contribution in [0.5, 0.6) is 23.0 Å². The fourth-order valence-corrected chi connectivity index (χ4v) is 5.15. The van der Waals surface area contributed by atoms with Gasteiger partial charge in [0.1, 0.15) is 23.0 Å². The molecule has 0 saturated heterocycles. The fraction of sp³-hybridized carbons (Fsp3) is 0.455. The molecule has 0 bridgehead atoms. The SMILES string of the molecule is CCCCCc1ccccc1O.CCCCCc1ccccc1O.CCCCCc1ccccc1O.CCCCCc1ccccc1O.S.S. The molecule has 4 aromatic rings. The van der Waals surface area contributed by atoms with Crippen LogP contribution >= 0.6 is 27.0 Å². The van der Waals surface area contributed by atoms with Gasteiger partial charge in [0, 0.05) is 0 Å². The van der Waals surface area contributed by atoms with Gasteiger partial charge in [-0.2, -0.15) is 27.0 Å². The highest BCUT2D eigenvalue weighted by atomic mass is 32.1. The van der Waals surface area contributed by atoms with Gasteiger partial charge in [-0.25, -0.2) is 0 Å². The molecule has 0 aliphatic rings. The zero-order valence-electron chi connectivity index (χ0n) is 31.3. The van der Waals surface area contributed by atoms with E-state index in [1.54, 1.807) is 24.3 Å². The van der Waals surface area contributed by atoms with Gasteiger partial charge >= 0.3 is 0 Å². The van der Waals surface area contributed by atoms with Crippen molar-refractivity contribution in [3.05, 3.63) is 119 Å². The average Bonchev–Trinajstić information content (AvgIpc) is 3.10. The van der Waals surface area contributed by atoms with Gasteiger partial charge in [-0.3, -0.25) is 0 Å². The van der Waals surface area contributed by atoms with E-state index in [9.17, 15) is 20.4 Å². The van der Waals surface area contributed by atoms with E-state index in [1.807, 2.05) is 72.8 Å². The molecule has 0 aliphatic carbocycles. The minimum Gasteiger partial charge on any atom is -0.508 e. The lowest BCUT2D eigenvalue weighted by Crippen LogP contribution is -1.85. The quantitative estimate of drug-likeness (QED) is 0.0867. The predicted molar refractivity (Wildman–Crippen MR) is 226 cm³/mol. The van der Waals surface area contributed by atoms with Crippen molar-refractivity contribution in [2.45, 2.75) is 130 Å². The van der Waals surface area contributed by atoms with Crippen molar-refractivity contribution in [3.8, 4) is 23.0 Å². The van der Waals surface area contributed by atoms with Crippen LogP contribution in [0.4, 0.5) is 0 Å². The molecule has 0 spiro atoms. The summed E-state index contributed by atoms with van der Waals surface area (Å²) in [6.07, 6.45) is 18.6. The number of benzene rings is 4. The van der Waals surface area contributed by atoms with Crippen LogP contribution in [-0.4, -0.2) is 20.4 Å².